The van der Waals surface area contributed by atoms with Gasteiger partial charge in [-0.1, -0.05) is 145 Å². The zero-order valence-electron chi connectivity index (χ0n) is 19.7. The van der Waals surface area contributed by atoms with Gasteiger partial charge in [-0.2, -0.15) is 0 Å². The molecular formula is C35H23Cl. The predicted octanol–water partition coefficient (Wildman–Crippen LogP) is 9.52. The van der Waals surface area contributed by atoms with Crippen LogP contribution in [-0.4, -0.2) is 0 Å². The molecule has 36 heavy (non-hydrogen) atoms. The minimum atomic E-state index is -0.407. The summed E-state index contributed by atoms with van der Waals surface area (Å²) in [5, 5.41) is 3.34. The molecule has 0 aromatic heterocycles. The third kappa shape index (κ3) is 2.95. The SMILES string of the molecule is Clc1ccccc1-c1ccc(C2(c3ccccc3)c3ccccc3-c3c2ccc2ccccc32)cc1. The molecule has 0 N–H and O–H groups in total. The first-order valence-electron chi connectivity index (χ1n) is 12.3. The van der Waals surface area contributed by atoms with Crippen LogP contribution in [0.25, 0.3) is 33.0 Å². The minimum Gasteiger partial charge on any atom is -0.0837 e. The molecule has 1 heteroatoms. The van der Waals surface area contributed by atoms with Crippen molar-refractivity contribution in [1.82, 2.24) is 0 Å². The highest BCUT2D eigenvalue weighted by Crippen LogP contribution is 2.57. The van der Waals surface area contributed by atoms with E-state index in [1.54, 1.807) is 0 Å². The molecule has 6 aromatic carbocycles. The van der Waals surface area contributed by atoms with Crippen molar-refractivity contribution in [2.75, 3.05) is 0 Å². The van der Waals surface area contributed by atoms with Crippen molar-refractivity contribution in [1.29, 1.82) is 0 Å². The molecule has 1 atom stereocenters. The normalized spacial score (nSPS) is 16.0. The maximum atomic E-state index is 6.54. The average Bonchev–Trinajstić information content (AvgIpc) is 3.26. The van der Waals surface area contributed by atoms with Gasteiger partial charge in [0.15, 0.2) is 0 Å². The molecule has 1 aliphatic rings. The lowest BCUT2D eigenvalue weighted by atomic mass is 9.67. The van der Waals surface area contributed by atoms with Gasteiger partial charge in [-0.25, -0.2) is 0 Å². The Balaban J connectivity index is 1.56. The third-order valence-electron chi connectivity index (χ3n) is 7.64. The van der Waals surface area contributed by atoms with Gasteiger partial charge in [-0.05, 0) is 55.8 Å². The number of rotatable bonds is 3. The largest absolute Gasteiger partial charge is 0.0837 e. The maximum Gasteiger partial charge on any atom is 0.0713 e. The molecule has 0 nitrogen and oxygen atoms in total. The van der Waals surface area contributed by atoms with Gasteiger partial charge in [0.1, 0.15) is 0 Å². The van der Waals surface area contributed by atoms with Gasteiger partial charge in [0.05, 0.1) is 5.41 Å². The monoisotopic (exact) mass is 478 g/mol. The highest BCUT2D eigenvalue weighted by atomic mass is 35.5. The molecule has 0 fully saturated rings. The molecule has 0 heterocycles. The smallest absolute Gasteiger partial charge is 0.0713 e. The average molecular weight is 479 g/mol. The van der Waals surface area contributed by atoms with Crippen LogP contribution >= 0.6 is 11.6 Å². The van der Waals surface area contributed by atoms with E-state index in [-0.39, 0.29) is 0 Å². The standard InChI is InChI=1S/C35H23Cl/c36-33-17-9-7-13-28(33)25-18-21-27(22-19-25)35(26-11-2-1-3-12-26)31-16-8-6-15-30(31)34-29-14-5-4-10-24(29)20-23-32(34)35/h1-23H. The zero-order chi connectivity index (χ0) is 24.1. The molecule has 0 aliphatic heterocycles. The molecule has 1 unspecified atom stereocenters. The Morgan fingerprint density at radius 2 is 1.08 bits per heavy atom. The quantitative estimate of drug-likeness (QED) is 0.237. The summed E-state index contributed by atoms with van der Waals surface area (Å²) < 4.78 is 0. The van der Waals surface area contributed by atoms with Crippen molar-refractivity contribution in [3.63, 3.8) is 0 Å². The summed E-state index contributed by atoms with van der Waals surface area (Å²) in [5.41, 5.74) is 9.60. The molecule has 0 spiro atoms. The Bertz CT molecular complexity index is 1730. The van der Waals surface area contributed by atoms with Crippen LogP contribution in [0.15, 0.2) is 140 Å². The van der Waals surface area contributed by atoms with Crippen LogP contribution in [0, 0.1) is 0 Å². The van der Waals surface area contributed by atoms with Gasteiger partial charge >= 0.3 is 0 Å². The minimum absolute atomic E-state index is 0.407. The van der Waals surface area contributed by atoms with Gasteiger partial charge in [0, 0.05) is 10.6 Å². The van der Waals surface area contributed by atoms with Crippen molar-refractivity contribution in [2.24, 2.45) is 0 Å². The summed E-state index contributed by atoms with van der Waals surface area (Å²) in [5.74, 6) is 0. The summed E-state index contributed by atoms with van der Waals surface area (Å²) >= 11 is 6.54. The number of hydrogen-bond donors (Lipinski definition) is 0. The molecule has 0 saturated carbocycles. The molecule has 170 valence electrons. The molecule has 0 amide bonds. The van der Waals surface area contributed by atoms with Gasteiger partial charge in [-0.3, -0.25) is 0 Å². The number of fused-ring (bicyclic) bond motifs is 5. The predicted molar refractivity (Wildman–Crippen MR) is 152 cm³/mol. The van der Waals surface area contributed by atoms with Crippen LogP contribution < -0.4 is 0 Å². The van der Waals surface area contributed by atoms with Crippen molar-refractivity contribution < 1.29 is 0 Å². The highest BCUT2D eigenvalue weighted by Gasteiger charge is 2.46. The van der Waals surface area contributed by atoms with Crippen LogP contribution in [-0.2, 0) is 5.41 Å². The fourth-order valence-corrected chi connectivity index (χ4v) is 6.36. The van der Waals surface area contributed by atoms with Gasteiger partial charge in [-0.15, -0.1) is 0 Å². The molecule has 6 aromatic rings. The highest BCUT2D eigenvalue weighted by molar-refractivity contribution is 6.33. The number of hydrogen-bond acceptors (Lipinski definition) is 0. The van der Waals surface area contributed by atoms with E-state index < -0.39 is 5.41 Å². The Labute approximate surface area is 216 Å². The molecular weight excluding hydrogens is 456 g/mol. The second-order valence-corrected chi connectivity index (χ2v) is 9.84. The lowest BCUT2D eigenvalue weighted by Crippen LogP contribution is -2.28. The van der Waals surface area contributed by atoms with E-state index in [2.05, 4.69) is 121 Å². The molecule has 1 aliphatic carbocycles. The Kier molecular flexibility index (Phi) is 4.84. The maximum absolute atomic E-state index is 6.54. The summed E-state index contributed by atoms with van der Waals surface area (Å²) in [6.45, 7) is 0. The first-order chi connectivity index (χ1) is 17.8. The Morgan fingerprint density at radius 1 is 0.444 bits per heavy atom. The fourth-order valence-electron chi connectivity index (χ4n) is 6.12. The second kappa shape index (κ2) is 8.22. The molecule has 0 radical (unpaired) electrons. The molecule has 0 saturated heterocycles. The summed E-state index contributed by atoms with van der Waals surface area (Å²) in [7, 11) is 0. The van der Waals surface area contributed by atoms with E-state index in [9.17, 15) is 0 Å². The van der Waals surface area contributed by atoms with Crippen molar-refractivity contribution in [3.8, 4) is 22.3 Å². The number of benzene rings is 6. The van der Waals surface area contributed by atoms with Crippen molar-refractivity contribution in [3.05, 3.63) is 167 Å². The van der Waals surface area contributed by atoms with E-state index in [4.69, 9.17) is 11.6 Å². The van der Waals surface area contributed by atoms with Crippen LogP contribution in [0.3, 0.4) is 0 Å². The van der Waals surface area contributed by atoms with E-state index >= 15 is 0 Å². The topological polar surface area (TPSA) is 0 Å². The zero-order valence-corrected chi connectivity index (χ0v) is 20.4. The van der Waals surface area contributed by atoms with Gasteiger partial charge in [0.25, 0.3) is 0 Å². The Morgan fingerprint density at radius 3 is 1.89 bits per heavy atom. The van der Waals surface area contributed by atoms with E-state index in [0.29, 0.717) is 0 Å². The third-order valence-corrected chi connectivity index (χ3v) is 7.97. The summed E-state index contributed by atoms with van der Waals surface area (Å²) in [4.78, 5) is 0. The first-order valence-corrected chi connectivity index (χ1v) is 12.7. The van der Waals surface area contributed by atoms with Crippen molar-refractivity contribution in [2.45, 2.75) is 5.41 Å². The first kappa shape index (κ1) is 21.2. The van der Waals surface area contributed by atoms with E-state index in [0.717, 1.165) is 16.1 Å². The van der Waals surface area contributed by atoms with E-state index in [1.165, 1.54) is 44.2 Å². The fraction of sp³-hybridized carbons (Fsp3) is 0.0286. The molecule has 0 bridgehead atoms. The lowest BCUT2D eigenvalue weighted by Gasteiger charge is -2.34. The molecule has 7 rings (SSSR count). The second-order valence-electron chi connectivity index (χ2n) is 9.43. The lowest BCUT2D eigenvalue weighted by molar-refractivity contribution is 0.769. The van der Waals surface area contributed by atoms with Gasteiger partial charge < -0.3 is 0 Å². The summed E-state index contributed by atoms with van der Waals surface area (Å²) in [6, 6.07) is 50.2. The summed E-state index contributed by atoms with van der Waals surface area (Å²) in [6.07, 6.45) is 0. The van der Waals surface area contributed by atoms with Crippen molar-refractivity contribution >= 4 is 22.4 Å². The van der Waals surface area contributed by atoms with Crippen LogP contribution in [0.4, 0.5) is 0 Å². The number of halogens is 1. The van der Waals surface area contributed by atoms with Crippen LogP contribution in [0.1, 0.15) is 22.3 Å². The van der Waals surface area contributed by atoms with Crippen LogP contribution in [0.2, 0.25) is 5.02 Å². The van der Waals surface area contributed by atoms with Gasteiger partial charge in [0.2, 0.25) is 0 Å². The Hall–Kier alpha value is -4.13. The van der Waals surface area contributed by atoms with E-state index in [1.807, 2.05) is 18.2 Å². The van der Waals surface area contributed by atoms with Crippen LogP contribution in [0.5, 0.6) is 0 Å².